The van der Waals surface area contributed by atoms with Crippen molar-refractivity contribution in [2.75, 3.05) is 0 Å². The second kappa shape index (κ2) is 5.52. The average Bonchev–Trinajstić information content (AvgIpc) is 1.61. The minimum atomic E-state index is 1.86. The van der Waals surface area contributed by atoms with Crippen molar-refractivity contribution in [3.63, 3.8) is 0 Å². The Morgan fingerprint density at radius 2 is 1.17 bits per heavy atom. The SMILES string of the molecule is [Se]=C/C=C\C=[Se]. The van der Waals surface area contributed by atoms with Crippen molar-refractivity contribution in [2.24, 2.45) is 0 Å². The molecule has 2 heteroatoms. The summed E-state index contributed by atoms with van der Waals surface area (Å²) in [5.41, 5.74) is 0. The molecule has 0 bridgehead atoms. The molecule has 0 aromatic heterocycles. The second-order valence-corrected chi connectivity index (χ2v) is 1.80. The molecule has 32 valence electrons. The van der Waals surface area contributed by atoms with Crippen molar-refractivity contribution in [2.45, 2.75) is 0 Å². The molecule has 0 fully saturated rings. The summed E-state index contributed by atoms with van der Waals surface area (Å²) in [5.74, 6) is 0. The van der Waals surface area contributed by atoms with Crippen molar-refractivity contribution in [3.8, 4) is 0 Å². The predicted molar refractivity (Wildman–Crippen MR) is 32.8 cm³/mol. The van der Waals surface area contributed by atoms with E-state index in [0.29, 0.717) is 0 Å². The third-order valence-corrected chi connectivity index (χ3v) is 0.928. The van der Waals surface area contributed by atoms with Crippen LogP contribution < -0.4 is 0 Å². The van der Waals surface area contributed by atoms with Crippen LogP contribution in [0.25, 0.3) is 0 Å². The van der Waals surface area contributed by atoms with E-state index in [2.05, 4.69) is 31.2 Å². The van der Waals surface area contributed by atoms with Gasteiger partial charge in [-0.2, -0.15) is 0 Å². The first-order valence-corrected chi connectivity index (χ1v) is 3.45. The normalized spacial score (nSPS) is 8.67. The van der Waals surface area contributed by atoms with Gasteiger partial charge in [-0.3, -0.25) is 0 Å². The summed E-state index contributed by atoms with van der Waals surface area (Å²) in [6.45, 7) is 0. The Kier molecular flexibility index (Phi) is 6.00. The van der Waals surface area contributed by atoms with E-state index in [0.717, 1.165) is 0 Å². The molecule has 0 radical (unpaired) electrons. The first-order chi connectivity index (χ1) is 2.91. The van der Waals surface area contributed by atoms with Gasteiger partial charge in [-0.25, -0.2) is 0 Å². The molecule has 0 aromatic carbocycles. The van der Waals surface area contributed by atoms with E-state index in [1.165, 1.54) is 0 Å². The van der Waals surface area contributed by atoms with E-state index >= 15 is 0 Å². The molecule has 0 amide bonds. The monoisotopic (exact) mass is 212 g/mol. The standard InChI is InChI=1S/C4H4Se2/c5-3-1-2-4-6/h1-4H/b2-1-. The third kappa shape index (κ3) is 4.52. The van der Waals surface area contributed by atoms with Gasteiger partial charge < -0.3 is 0 Å². The van der Waals surface area contributed by atoms with Crippen LogP contribution in [-0.2, 0) is 0 Å². The number of allylic oxidation sites excluding steroid dienone is 2. The maximum atomic E-state index is 2.73. The molecule has 0 N–H and O–H groups in total. The van der Waals surface area contributed by atoms with Crippen LogP contribution in [0.5, 0.6) is 0 Å². The average molecular weight is 210 g/mol. The van der Waals surface area contributed by atoms with Crippen LogP contribution in [0, 0.1) is 0 Å². The van der Waals surface area contributed by atoms with Crippen LogP contribution in [-0.4, -0.2) is 41.0 Å². The fourth-order valence-corrected chi connectivity index (χ4v) is 0.471. The molecule has 0 rings (SSSR count). The van der Waals surface area contributed by atoms with E-state index in [1.54, 1.807) is 0 Å². The zero-order valence-corrected chi connectivity index (χ0v) is 6.55. The van der Waals surface area contributed by atoms with Gasteiger partial charge in [0.2, 0.25) is 0 Å². The molecule has 0 heterocycles. The molecule has 0 aliphatic heterocycles. The molecule has 0 saturated heterocycles. The zero-order valence-electron chi connectivity index (χ0n) is 3.13. The summed E-state index contributed by atoms with van der Waals surface area (Å²) in [6.07, 6.45) is 3.83. The summed E-state index contributed by atoms with van der Waals surface area (Å²) in [4.78, 5) is 3.71. The Morgan fingerprint density at radius 3 is 1.33 bits per heavy atom. The molecule has 0 spiro atoms. The van der Waals surface area contributed by atoms with E-state index < -0.39 is 0 Å². The molecule has 6 heavy (non-hydrogen) atoms. The van der Waals surface area contributed by atoms with E-state index in [-0.39, 0.29) is 0 Å². The zero-order chi connectivity index (χ0) is 4.83. The van der Waals surface area contributed by atoms with Crippen LogP contribution in [0.4, 0.5) is 0 Å². The molecule has 0 nitrogen and oxygen atoms in total. The van der Waals surface area contributed by atoms with Gasteiger partial charge in [0.15, 0.2) is 0 Å². The number of hydrogen-bond acceptors (Lipinski definition) is 0. The van der Waals surface area contributed by atoms with Gasteiger partial charge in [0.05, 0.1) is 0 Å². The molecule has 0 unspecified atom stereocenters. The molecule has 0 aromatic rings. The Balaban J connectivity index is 3.17. The summed E-state index contributed by atoms with van der Waals surface area (Å²) in [6, 6.07) is 0. The van der Waals surface area contributed by atoms with E-state index in [1.807, 2.05) is 22.0 Å². The molecule has 0 atom stereocenters. The summed E-state index contributed by atoms with van der Waals surface area (Å²) in [7, 11) is 0. The topological polar surface area (TPSA) is 0 Å². The molecule has 0 aliphatic rings. The Hall–Kier alpha value is 0.519. The van der Waals surface area contributed by atoms with Gasteiger partial charge in [0, 0.05) is 0 Å². The Bertz CT molecular complexity index is 63.6. The third-order valence-electron chi connectivity index (χ3n) is 0.268. The van der Waals surface area contributed by atoms with E-state index in [4.69, 9.17) is 0 Å². The number of rotatable bonds is 2. The van der Waals surface area contributed by atoms with Crippen LogP contribution in [0.2, 0.25) is 0 Å². The van der Waals surface area contributed by atoms with Gasteiger partial charge in [0.1, 0.15) is 0 Å². The van der Waals surface area contributed by atoms with Crippen molar-refractivity contribution in [1.29, 1.82) is 0 Å². The van der Waals surface area contributed by atoms with Gasteiger partial charge >= 0.3 is 53.1 Å². The van der Waals surface area contributed by atoms with Crippen LogP contribution >= 0.6 is 0 Å². The minimum absolute atomic E-state index is 1.86. The van der Waals surface area contributed by atoms with E-state index in [9.17, 15) is 0 Å². The van der Waals surface area contributed by atoms with Crippen molar-refractivity contribution < 1.29 is 0 Å². The van der Waals surface area contributed by atoms with Crippen LogP contribution in [0.3, 0.4) is 0 Å². The molecule has 0 saturated carbocycles. The number of hydrogen-bond donors (Lipinski definition) is 0. The maximum absolute atomic E-state index is 2.73. The van der Waals surface area contributed by atoms with Crippen molar-refractivity contribution >= 4 is 41.0 Å². The van der Waals surface area contributed by atoms with Crippen LogP contribution in [0.1, 0.15) is 0 Å². The molecular weight excluding hydrogens is 206 g/mol. The fourth-order valence-electron chi connectivity index (χ4n) is 0.0907. The first kappa shape index (κ1) is 6.52. The second-order valence-electron chi connectivity index (χ2n) is 0.657. The van der Waals surface area contributed by atoms with Gasteiger partial charge in [-0.1, -0.05) is 0 Å². The summed E-state index contributed by atoms with van der Waals surface area (Å²) < 4.78 is 0. The van der Waals surface area contributed by atoms with Crippen LogP contribution in [0.15, 0.2) is 12.2 Å². The van der Waals surface area contributed by atoms with Crippen molar-refractivity contribution in [3.05, 3.63) is 12.2 Å². The predicted octanol–water partition coefficient (Wildman–Crippen LogP) is -0.516. The summed E-state index contributed by atoms with van der Waals surface area (Å²) in [5, 5.41) is 0. The van der Waals surface area contributed by atoms with Gasteiger partial charge in [-0.15, -0.1) is 0 Å². The Labute approximate surface area is 53.3 Å². The van der Waals surface area contributed by atoms with Crippen molar-refractivity contribution in [1.82, 2.24) is 0 Å². The summed E-state index contributed by atoms with van der Waals surface area (Å²) >= 11 is 5.46. The van der Waals surface area contributed by atoms with Gasteiger partial charge in [0.25, 0.3) is 0 Å². The Morgan fingerprint density at radius 1 is 0.833 bits per heavy atom. The first-order valence-electron chi connectivity index (χ1n) is 1.47. The molecular formula is C4H4Se2. The fraction of sp³-hybridized carbons (Fsp3) is 0. The quantitative estimate of drug-likeness (QED) is 0.538. The molecule has 0 aliphatic carbocycles. The van der Waals surface area contributed by atoms with Gasteiger partial charge in [-0.05, 0) is 0 Å².